The first-order valence-corrected chi connectivity index (χ1v) is 7.43. The first kappa shape index (κ1) is 12.9. The Morgan fingerprint density at radius 3 is 2.37 bits per heavy atom. The Labute approximate surface area is 115 Å². The van der Waals surface area contributed by atoms with E-state index in [0.717, 1.165) is 11.6 Å². The number of nitrogen functional groups attached to an aromatic ring is 1. The van der Waals surface area contributed by atoms with Gasteiger partial charge in [0.2, 0.25) is 0 Å². The Bertz CT molecular complexity index is 455. The van der Waals surface area contributed by atoms with Gasteiger partial charge in [-0.1, -0.05) is 13.8 Å². The molecule has 0 bridgehead atoms. The van der Waals surface area contributed by atoms with Crippen LogP contribution in [0.4, 0.5) is 5.82 Å². The van der Waals surface area contributed by atoms with Gasteiger partial charge in [0.15, 0.2) is 0 Å². The molecule has 3 N–H and O–H groups in total. The number of nitrogens with one attached hydrogen (secondary N) is 1. The number of nitrogens with zero attached hydrogens (tertiary/aromatic N) is 2. The molecule has 19 heavy (non-hydrogen) atoms. The van der Waals surface area contributed by atoms with Gasteiger partial charge in [0.1, 0.15) is 11.6 Å². The molecular weight excluding hydrogens is 236 g/mol. The highest BCUT2D eigenvalue weighted by atomic mass is 15.3. The van der Waals surface area contributed by atoms with E-state index in [1.54, 1.807) is 0 Å². The lowest BCUT2D eigenvalue weighted by Crippen LogP contribution is -2.22. The van der Waals surface area contributed by atoms with Crippen molar-refractivity contribution in [3.8, 4) is 0 Å². The van der Waals surface area contributed by atoms with Gasteiger partial charge in [-0.3, -0.25) is 0 Å². The van der Waals surface area contributed by atoms with Gasteiger partial charge in [0.05, 0.1) is 0 Å². The molecule has 1 aromatic rings. The third-order valence-corrected chi connectivity index (χ3v) is 4.61. The number of rotatable bonds is 3. The molecular formula is C15H24N4. The molecule has 4 nitrogen and oxygen atoms in total. The molecule has 0 atom stereocenters. The van der Waals surface area contributed by atoms with Crippen molar-refractivity contribution in [3.63, 3.8) is 0 Å². The monoisotopic (exact) mass is 260 g/mol. The highest BCUT2D eigenvalue weighted by Gasteiger charge is 2.31. The van der Waals surface area contributed by atoms with Crippen molar-refractivity contribution in [1.29, 1.82) is 0 Å². The summed E-state index contributed by atoms with van der Waals surface area (Å²) in [5.41, 5.74) is 4.36. The molecule has 0 unspecified atom stereocenters. The van der Waals surface area contributed by atoms with Crippen molar-refractivity contribution < 1.29 is 0 Å². The number of hydrogen-bond donors (Lipinski definition) is 2. The van der Waals surface area contributed by atoms with Crippen LogP contribution in [-0.2, 0) is 0 Å². The molecule has 0 aliphatic heterocycles. The Balaban J connectivity index is 1.81. The van der Waals surface area contributed by atoms with Crippen molar-refractivity contribution >= 4 is 5.82 Å². The predicted octanol–water partition coefficient (Wildman–Crippen LogP) is 3.32. The lowest BCUT2D eigenvalue weighted by atomic mass is 9.73. The summed E-state index contributed by atoms with van der Waals surface area (Å²) in [6, 6.07) is 2.01. The Hall–Kier alpha value is -1.16. The van der Waals surface area contributed by atoms with E-state index in [1.807, 2.05) is 6.07 Å². The smallest absolute Gasteiger partial charge is 0.143 e. The minimum atomic E-state index is 0.486. The highest BCUT2D eigenvalue weighted by Crippen LogP contribution is 2.43. The normalized spacial score (nSPS) is 23.3. The molecule has 0 amide bonds. The molecule has 2 aliphatic rings. The maximum Gasteiger partial charge on any atom is 0.143 e. The van der Waals surface area contributed by atoms with Gasteiger partial charge in [-0.05, 0) is 43.9 Å². The van der Waals surface area contributed by atoms with Crippen LogP contribution >= 0.6 is 0 Å². The quantitative estimate of drug-likeness (QED) is 0.646. The van der Waals surface area contributed by atoms with Gasteiger partial charge in [0, 0.05) is 23.6 Å². The molecule has 0 spiro atoms. The van der Waals surface area contributed by atoms with Crippen LogP contribution in [0.3, 0.4) is 0 Å². The molecule has 3 rings (SSSR count). The van der Waals surface area contributed by atoms with Crippen molar-refractivity contribution in [2.24, 2.45) is 11.3 Å². The maximum atomic E-state index is 5.54. The predicted molar refractivity (Wildman–Crippen MR) is 76.8 cm³/mol. The second-order valence-electron chi connectivity index (χ2n) is 6.89. The van der Waals surface area contributed by atoms with E-state index >= 15 is 0 Å². The van der Waals surface area contributed by atoms with Crippen LogP contribution in [0.25, 0.3) is 0 Å². The lowest BCUT2D eigenvalue weighted by Gasteiger charge is -2.33. The van der Waals surface area contributed by atoms with Crippen LogP contribution in [0.15, 0.2) is 6.07 Å². The number of hydrazine groups is 1. The largest absolute Gasteiger partial charge is 0.308 e. The second-order valence-corrected chi connectivity index (χ2v) is 6.89. The van der Waals surface area contributed by atoms with Gasteiger partial charge in [-0.2, -0.15) is 0 Å². The number of anilines is 1. The van der Waals surface area contributed by atoms with Crippen molar-refractivity contribution in [3.05, 3.63) is 17.6 Å². The molecule has 0 aromatic carbocycles. The van der Waals surface area contributed by atoms with Gasteiger partial charge in [-0.15, -0.1) is 0 Å². The zero-order valence-electron chi connectivity index (χ0n) is 11.9. The third-order valence-electron chi connectivity index (χ3n) is 4.61. The van der Waals surface area contributed by atoms with E-state index in [9.17, 15) is 0 Å². The summed E-state index contributed by atoms with van der Waals surface area (Å²) in [6.45, 7) is 4.72. The molecule has 2 fully saturated rings. The van der Waals surface area contributed by atoms with Crippen molar-refractivity contribution in [2.75, 3.05) is 5.43 Å². The van der Waals surface area contributed by atoms with Crippen LogP contribution in [-0.4, -0.2) is 9.97 Å². The molecule has 2 aliphatic carbocycles. The fourth-order valence-corrected chi connectivity index (χ4v) is 2.99. The van der Waals surface area contributed by atoms with E-state index in [-0.39, 0.29) is 0 Å². The minimum absolute atomic E-state index is 0.486. The molecule has 0 radical (unpaired) electrons. The zero-order valence-corrected chi connectivity index (χ0v) is 11.9. The van der Waals surface area contributed by atoms with Crippen LogP contribution < -0.4 is 11.3 Å². The fraction of sp³-hybridized carbons (Fsp3) is 0.733. The average Bonchev–Trinajstić information content (AvgIpc) is 3.22. The highest BCUT2D eigenvalue weighted by molar-refractivity contribution is 5.37. The molecule has 4 heteroatoms. The van der Waals surface area contributed by atoms with Gasteiger partial charge >= 0.3 is 0 Å². The van der Waals surface area contributed by atoms with Crippen molar-refractivity contribution in [1.82, 2.24) is 9.97 Å². The van der Waals surface area contributed by atoms with Gasteiger partial charge in [0.25, 0.3) is 0 Å². The van der Waals surface area contributed by atoms with Gasteiger partial charge < -0.3 is 5.43 Å². The summed E-state index contributed by atoms with van der Waals surface area (Å²) in [5.74, 6) is 8.48. The molecule has 0 saturated heterocycles. The fourth-order valence-electron chi connectivity index (χ4n) is 2.99. The zero-order chi connectivity index (χ0) is 13.5. The van der Waals surface area contributed by atoms with Gasteiger partial charge in [-0.25, -0.2) is 15.8 Å². The third kappa shape index (κ3) is 2.89. The SMILES string of the molecule is CC1(C)CCC(c2nc(NN)cc(C3CC3)n2)CC1. The summed E-state index contributed by atoms with van der Waals surface area (Å²) in [7, 11) is 0. The topological polar surface area (TPSA) is 63.8 Å². The summed E-state index contributed by atoms with van der Waals surface area (Å²) < 4.78 is 0. The Kier molecular flexibility index (Phi) is 3.21. The maximum absolute atomic E-state index is 5.54. The summed E-state index contributed by atoms with van der Waals surface area (Å²) in [6.07, 6.45) is 7.45. The molecule has 1 heterocycles. The molecule has 104 valence electrons. The van der Waals surface area contributed by atoms with Crippen LogP contribution in [0, 0.1) is 5.41 Å². The Morgan fingerprint density at radius 1 is 1.11 bits per heavy atom. The van der Waals surface area contributed by atoms with E-state index < -0.39 is 0 Å². The van der Waals surface area contributed by atoms with Crippen molar-refractivity contribution in [2.45, 2.75) is 64.2 Å². The van der Waals surface area contributed by atoms with Crippen LogP contribution in [0.1, 0.15) is 75.7 Å². The summed E-state index contributed by atoms with van der Waals surface area (Å²) >= 11 is 0. The number of nitrogens with two attached hydrogens (primary N) is 1. The van der Waals surface area contributed by atoms with E-state index in [1.165, 1.54) is 44.2 Å². The van der Waals surface area contributed by atoms with Crippen LogP contribution in [0.2, 0.25) is 0 Å². The average molecular weight is 260 g/mol. The number of hydrogen-bond acceptors (Lipinski definition) is 4. The standard InChI is InChI=1S/C15H24N4/c1-15(2)7-5-11(6-8-15)14-17-12(10-3-4-10)9-13(18-14)19-16/h9-11H,3-8,16H2,1-2H3,(H,17,18,19). The van der Waals surface area contributed by atoms with E-state index in [0.29, 0.717) is 17.3 Å². The summed E-state index contributed by atoms with van der Waals surface area (Å²) in [4.78, 5) is 9.39. The second kappa shape index (κ2) is 4.75. The minimum Gasteiger partial charge on any atom is -0.308 e. The lowest BCUT2D eigenvalue weighted by molar-refractivity contribution is 0.220. The first-order chi connectivity index (χ1) is 9.07. The first-order valence-electron chi connectivity index (χ1n) is 7.43. The Morgan fingerprint density at radius 2 is 1.79 bits per heavy atom. The molecule has 2 saturated carbocycles. The van der Waals surface area contributed by atoms with E-state index in [2.05, 4.69) is 24.3 Å². The van der Waals surface area contributed by atoms with Crippen LogP contribution in [0.5, 0.6) is 0 Å². The molecule has 1 aromatic heterocycles. The number of aromatic nitrogens is 2. The van der Waals surface area contributed by atoms with E-state index in [4.69, 9.17) is 10.8 Å². The summed E-state index contributed by atoms with van der Waals surface area (Å²) in [5, 5.41) is 0.